The second-order valence-electron chi connectivity index (χ2n) is 5.34. The number of hydrogen-bond donors (Lipinski definition) is 2. The summed E-state index contributed by atoms with van der Waals surface area (Å²) in [6.45, 7) is 4.14. The molecule has 1 heterocycles. The number of rotatable bonds is 8. The zero-order valence-corrected chi connectivity index (χ0v) is 14.3. The van der Waals surface area contributed by atoms with Crippen molar-refractivity contribution >= 4 is 17.7 Å². The highest BCUT2D eigenvalue weighted by Crippen LogP contribution is 2.22. The molecule has 1 aromatic carbocycles. The second-order valence-corrected chi connectivity index (χ2v) is 6.28. The summed E-state index contributed by atoms with van der Waals surface area (Å²) in [5, 5.41) is 12.7. The molecule has 1 atom stereocenters. The molecule has 23 heavy (non-hydrogen) atoms. The summed E-state index contributed by atoms with van der Waals surface area (Å²) in [5.41, 5.74) is 2.23. The van der Waals surface area contributed by atoms with E-state index < -0.39 is 0 Å². The largest absolute Gasteiger partial charge is 0.396 e. The molecule has 0 spiro atoms. The Labute approximate surface area is 141 Å². The molecule has 6 heteroatoms. The maximum atomic E-state index is 12.0. The van der Waals surface area contributed by atoms with Crippen LogP contribution in [-0.2, 0) is 4.79 Å². The van der Waals surface area contributed by atoms with Crippen molar-refractivity contribution in [2.24, 2.45) is 0 Å². The topological polar surface area (TPSA) is 67.2 Å². The first-order chi connectivity index (χ1) is 11.2. The van der Waals surface area contributed by atoms with Crippen molar-refractivity contribution in [2.45, 2.75) is 37.9 Å². The molecule has 0 aliphatic heterocycles. The summed E-state index contributed by atoms with van der Waals surface area (Å²) in [6.07, 6.45) is 5.05. The Morgan fingerprint density at radius 1 is 1.43 bits per heavy atom. The molecule has 2 rings (SSSR count). The van der Waals surface area contributed by atoms with Crippen LogP contribution in [0, 0.1) is 6.92 Å². The summed E-state index contributed by atoms with van der Waals surface area (Å²) in [7, 11) is 0. The number of amides is 1. The Morgan fingerprint density at radius 3 is 2.91 bits per heavy atom. The zero-order chi connectivity index (χ0) is 16.7. The normalized spacial score (nSPS) is 12.1. The zero-order valence-electron chi connectivity index (χ0n) is 13.5. The van der Waals surface area contributed by atoms with Crippen LogP contribution in [0.1, 0.15) is 25.3 Å². The Balaban J connectivity index is 1.99. The van der Waals surface area contributed by atoms with Gasteiger partial charge in [0.1, 0.15) is 0 Å². The SMILES string of the molecule is CCC(CCO)NC(=O)CSc1nccn1-c1ccccc1C. The first-order valence-corrected chi connectivity index (χ1v) is 8.76. The molecule has 0 aliphatic rings. The van der Waals surface area contributed by atoms with Crippen LogP contribution in [0.25, 0.3) is 5.69 Å². The van der Waals surface area contributed by atoms with Gasteiger partial charge in [0.15, 0.2) is 5.16 Å². The Morgan fingerprint density at radius 2 is 2.22 bits per heavy atom. The van der Waals surface area contributed by atoms with Gasteiger partial charge in [-0.1, -0.05) is 36.9 Å². The van der Waals surface area contributed by atoms with E-state index in [2.05, 4.69) is 23.3 Å². The summed E-state index contributed by atoms with van der Waals surface area (Å²) < 4.78 is 2.00. The molecule has 1 amide bonds. The minimum Gasteiger partial charge on any atom is -0.396 e. The standard InChI is InChI=1S/C17H23N3O2S/c1-3-14(8-11-21)19-16(22)12-23-17-18-9-10-20(17)15-7-5-4-6-13(15)2/h4-7,9-10,14,21H,3,8,11-12H2,1-2H3,(H,19,22). The van der Waals surface area contributed by atoms with Gasteiger partial charge in [-0.05, 0) is 31.4 Å². The van der Waals surface area contributed by atoms with E-state index >= 15 is 0 Å². The van der Waals surface area contributed by atoms with E-state index in [-0.39, 0.29) is 18.6 Å². The average molecular weight is 333 g/mol. The van der Waals surface area contributed by atoms with Crippen LogP contribution < -0.4 is 5.32 Å². The molecular formula is C17H23N3O2S. The Hall–Kier alpha value is -1.79. The third-order valence-electron chi connectivity index (χ3n) is 3.65. The number of imidazole rings is 1. The van der Waals surface area contributed by atoms with E-state index in [0.717, 1.165) is 22.8 Å². The van der Waals surface area contributed by atoms with Gasteiger partial charge in [-0.2, -0.15) is 0 Å². The Bertz CT molecular complexity index is 642. The number of nitrogens with zero attached hydrogens (tertiary/aromatic N) is 2. The van der Waals surface area contributed by atoms with Crippen molar-refractivity contribution < 1.29 is 9.90 Å². The monoisotopic (exact) mass is 333 g/mol. The lowest BCUT2D eigenvalue weighted by atomic mass is 10.1. The van der Waals surface area contributed by atoms with Crippen molar-refractivity contribution in [2.75, 3.05) is 12.4 Å². The second kappa shape index (κ2) is 8.74. The molecule has 124 valence electrons. The van der Waals surface area contributed by atoms with E-state index in [0.29, 0.717) is 12.2 Å². The van der Waals surface area contributed by atoms with Crippen LogP contribution in [0.15, 0.2) is 41.8 Å². The van der Waals surface area contributed by atoms with Gasteiger partial charge in [-0.15, -0.1) is 0 Å². The quantitative estimate of drug-likeness (QED) is 0.729. The summed E-state index contributed by atoms with van der Waals surface area (Å²) in [5.74, 6) is 0.278. The molecule has 0 saturated carbocycles. The predicted octanol–water partition coefficient (Wildman–Crippen LogP) is 2.55. The van der Waals surface area contributed by atoms with Crippen LogP contribution >= 0.6 is 11.8 Å². The predicted molar refractivity (Wildman–Crippen MR) is 92.9 cm³/mol. The van der Waals surface area contributed by atoms with E-state index in [9.17, 15) is 4.79 Å². The molecule has 0 aliphatic carbocycles. The molecule has 1 unspecified atom stereocenters. The molecule has 0 fully saturated rings. The molecule has 0 saturated heterocycles. The van der Waals surface area contributed by atoms with Gasteiger partial charge >= 0.3 is 0 Å². The molecule has 0 radical (unpaired) electrons. The lowest BCUT2D eigenvalue weighted by molar-refractivity contribution is -0.119. The number of aliphatic hydroxyl groups is 1. The van der Waals surface area contributed by atoms with Crippen molar-refractivity contribution in [3.8, 4) is 5.69 Å². The highest BCUT2D eigenvalue weighted by atomic mass is 32.2. The molecule has 1 aromatic heterocycles. The Kier molecular flexibility index (Phi) is 6.67. The van der Waals surface area contributed by atoms with Crippen molar-refractivity contribution in [1.29, 1.82) is 0 Å². The number of aryl methyl sites for hydroxylation is 1. The number of nitrogens with one attached hydrogen (secondary N) is 1. The molecule has 2 aromatic rings. The van der Waals surface area contributed by atoms with Crippen molar-refractivity contribution in [3.63, 3.8) is 0 Å². The summed E-state index contributed by atoms with van der Waals surface area (Å²) in [4.78, 5) is 16.4. The fourth-order valence-corrected chi connectivity index (χ4v) is 3.12. The van der Waals surface area contributed by atoms with E-state index in [4.69, 9.17) is 5.11 Å². The van der Waals surface area contributed by atoms with Crippen molar-refractivity contribution in [1.82, 2.24) is 14.9 Å². The van der Waals surface area contributed by atoms with Gasteiger partial charge in [-0.25, -0.2) is 4.98 Å². The highest BCUT2D eigenvalue weighted by Gasteiger charge is 2.13. The van der Waals surface area contributed by atoms with Crippen molar-refractivity contribution in [3.05, 3.63) is 42.2 Å². The number of aromatic nitrogens is 2. The number of benzene rings is 1. The highest BCUT2D eigenvalue weighted by molar-refractivity contribution is 7.99. The molecule has 5 nitrogen and oxygen atoms in total. The van der Waals surface area contributed by atoms with Crippen LogP contribution in [0.3, 0.4) is 0 Å². The van der Waals surface area contributed by atoms with Gasteiger partial charge in [0.2, 0.25) is 5.91 Å². The first kappa shape index (κ1) is 17.6. The molecule has 0 bridgehead atoms. The fourth-order valence-electron chi connectivity index (χ4n) is 2.35. The summed E-state index contributed by atoms with van der Waals surface area (Å²) >= 11 is 1.41. The minimum atomic E-state index is -0.0327. The van der Waals surface area contributed by atoms with E-state index in [1.165, 1.54) is 11.8 Å². The lowest BCUT2D eigenvalue weighted by Gasteiger charge is -2.15. The smallest absolute Gasteiger partial charge is 0.230 e. The number of thioether (sulfide) groups is 1. The summed E-state index contributed by atoms with van der Waals surface area (Å²) in [6, 6.07) is 8.11. The minimum absolute atomic E-state index is 0.0317. The van der Waals surface area contributed by atoms with Gasteiger partial charge in [0, 0.05) is 25.0 Å². The van der Waals surface area contributed by atoms with Crippen LogP contribution in [0.4, 0.5) is 0 Å². The van der Waals surface area contributed by atoms with Gasteiger partial charge in [-0.3, -0.25) is 9.36 Å². The van der Waals surface area contributed by atoms with Gasteiger partial charge in [0.05, 0.1) is 11.4 Å². The maximum Gasteiger partial charge on any atom is 0.230 e. The average Bonchev–Trinajstić information content (AvgIpc) is 3.01. The molecular weight excluding hydrogens is 310 g/mol. The van der Waals surface area contributed by atoms with Crippen LogP contribution in [0.2, 0.25) is 0 Å². The van der Waals surface area contributed by atoms with Gasteiger partial charge in [0.25, 0.3) is 0 Å². The number of hydrogen-bond acceptors (Lipinski definition) is 4. The van der Waals surface area contributed by atoms with Crippen LogP contribution in [-0.4, -0.2) is 39.0 Å². The third-order valence-corrected chi connectivity index (χ3v) is 4.62. The lowest BCUT2D eigenvalue weighted by Crippen LogP contribution is -2.36. The molecule has 2 N–H and O–H groups in total. The number of carbonyl (C=O) groups excluding carboxylic acids is 1. The third kappa shape index (κ3) is 4.84. The fraction of sp³-hybridized carbons (Fsp3) is 0.412. The van der Waals surface area contributed by atoms with Crippen LogP contribution in [0.5, 0.6) is 0 Å². The van der Waals surface area contributed by atoms with E-state index in [1.54, 1.807) is 6.20 Å². The van der Waals surface area contributed by atoms with Gasteiger partial charge < -0.3 is 10.4 Å². The number of aliphatic hydroxyl groups excluding tert-OH is 1. The first-order valence-electron chi connectivity index (χ1n) is 7.78. The number of carbonyl (C=O) groups is 1. The van der Waals surface area contributed by atoms with E-state index in [1.807, 2.05) is 35.9 Å². The number of para-hydroxylation sites is 1. The maximum absolute atomic E-state index is 12.0.